The summed E-state index contributed by atoms with van der Waals surface area (Å²) in [5.74, 6) is -1.34. The Bertz CT molecular complexity index is 1410. The van der Waals surface area contributed by atoms with Gasteiger partial charge < -0.3 is 20.1 Å². The summed E-state index contributed by atoms with van der Waals surface area (Å²) < 4.78 is 5.49. The van der Waals surface area contributed by atoms with Crippen LogP contribution in [0.15, 0.2) is 83.7 Å². The second kappa shape index (κ2) is 8.86. The molecule has 7 heteroatoms. The number of nitrogens with one attached hydrogen (secondary N) is 2. The highest BCUT2D eigenvalue weighted by molar-refractivity contribution is 5.85. The third-order valence-electron chi connectivity index (χ3n) is 6.19. The van der Waals surface area contributed by atoms with Gasteiger partial charge in [0.15, 0.2) is 0 Å². The fourth-order valence-electron chi connectivity index (χ4n) is 4.65. The van der Waals surface area contributed by atoms with E-state index in [-0.39, 0.29) is 24.5 Å². The van der Waals surface area contributed by atoms with E-state index in [1.54, 1.807) is 24.3 Å². The molecule has 4 aromatic rings. The van der Waals surface area contributed by atoms with Crippen LogP contribution >= 0.6 is 0 Å². The van der Waals surface area contributed by atoms with Gasteiger partial charge in [0.05, 0.1) is 0 Å². The zero-order chi connectivity index (χ0) is 23.7. The van der Waals surface area contributed by atoms with Gasteiger partial charge in [0.1, 0.15) is 12.6 Å². The first kappa shape index (κ1) is 21.5. The van der Waals surface area contributed by atoms with Crippen LogP contribution in [0.1, 0.15) is 22.6 Å². The van der Waals surface area contributed by atoms with Crippen LogP contribution in [0.2, 0.25) is 0 Å². The molecule has 7 nitrogen and oxygen atoms in total. The lowest BCUT2D eigenvalue weighted by Gasteiger charge is -2.18. The SMILES string of the molecule is O=C(N[C@@H](Cc1cc(=O)[nH]c2ccccc12)C(=O)O)OCC1c2ccccc2-c2ccccc21. The Kier molecular flexibility index (Phi) is 5.59. The highest BCUT2D eigenvalue weighted by Gasteiger charge is 2.30. The van der Waals surface area contributed by atoms with Crippen molar-refractivity contribution in [3.05, 3.63) is 106 Å². The number of aromatic amines is 1. The van der Waals surface area contributed by atoms with Crippen LogP contribution in [0.3, 0.4) is 0 Å². The van der Waals surface area contributed by atoms with Gasteiger partial charge in [-0.3, -0.25) is 4.79 Å². The number of carbonyl (C=O) groups excluding carboxylic acids is 1. The highest BCUT2D eigenvalue weighted by atomic mass is 16.5. The normalized spacial score (nSPS) is 13.2. The molecule has 170 valence electrons. The Hall–Kier alpha value is -4.39. The van der Waals surface area contributed by atoms with E-state index in [4.69, 9.17) is 4.74 Å². The maximum absolute atomic E-state index is 12.6. The summed E-state index contributed by atoms with van der Waals surface area (Å²) in [5, 5.41) is 12.9. The molecule has 5 rings (SSSR count). The summed E-state index contributed by atoms with van der Waals surface area (Å²) >= 11 is 0. The predicted molar refractivity (Wildman–Crippen MR) is 128 cm³/mol. The molecule has 0 fully saturated rings. The van der Waals surface area contributed by atoms with Gasteiger partial charge in [0.2, 0.25) is 5.56 Å². The number of pyridine rings is 1. The van der Waals surface area contributed by atoms with E-state index in [0.717, 1.165) is 27.6 Å². The van der Waals surface area contributed by atoms with Crippen LogP contribution in [0.25, 0.3) is 22.0 Å². The van der Waals surface area contributed by atoms with Crippen LogP contribution in [-0.4, -0.2) is 34.8 Å². The van der Waals surface area contributed by atoms with Crippen molar-refractivity contribution in [2.24, 2.45) is 0 Å². The molecule has 0 saturated carbocycles. The molecule has 1 aliphatic carbocycles. The molecule has 1 aromatic heterocycles. The first-order valence-corrected chi connectivity index (χ1v) is 11.0. The molecule has 1 atom stereocenters. The van der Waals surface area contributed by atoms with Crippen molar-refractivity contribution in [1.82, 2.24) is 10.3 Å². The number of fused-ring (bicyclic) bond motifs is 4. The van der Waals surface area contributed by atoms with E-state index >= 15 is 0 Å². The second-order valence-electron chi connectivity index (χ2n) is 8.27. The van der Waals surface area contributed by atoms with Crippen molar-refractivity contribution in [2.45, 2.75) is 18.4 Å². The lowest BCUT2D eigenvalue weighted by Crippen LogP contribution is -2.43. The molecule has 1 heterocycles. The number of amides is 1. The van der Waals surface area contributed by atoms with Gasteiger partial charge in [-0.25, -0.2) is 9.59 Å². The Morgan fingerprint density at radius 2 is 1.56 bits per heavy atom. The van der Waals surface area contributed by atoms with Crippen LogP contribution < -0.4 is 10.9 Å². The van der Waals surface area contributed by atoms with Crippen LogP contribution in [0.4, 0.5) is 4.79 Å². The number of aromatic nitrogens is 1. The van der Waals surface area contributed by atoms with Gasteiger partial charge in [-0.2, -0.15) is 0 Å². The van der Waals surface area contributed by atoms with Crippen molar-refractivity contribution >= 4 is 23.0 Å². The summed E-state index contributed by atoms with van der Waals surface area (Å²) in [6.45, 7) is 0.0835. The van der Waals surface area contributed by atoms with E-state index in [1.807, 2.05) is 48.5 Å². The minimum atomic E-state index is -1.25. The number of benzene rings is 3. The lowest BCUT2D eigenvalue weighted by atomic mass is 9.98. The first-order chi connectivity index (χ1) is 16.5. The van der Waals surface area contributed by atoms with Crippen molar-refractivity contribution in [1.29, 1.82) is 0 Å². The fourth-order valence-corrected chi connectivity index (χ4v) is 4.65. The largest absolute Gasteiger partial charge is 0.480 e. The van der Waals surface area contributed by atoms with E-state index in [9.17, 15) is 19.5 Å². The number of H-pyrrole nitrogens is 1. The molecule has 0 aliphatic heterocycles. The number of carboxylic acid groups (broad SMARTS) is 1. The number of hydrogen-bond donors (Lipinski definition) is 3. The maximum atomic E-state index is 12.6. The predicted octanol–water partition coefficient (Wildman–Crippen LogP) is 4.06. The summed E-state index contributed by atoms with van der Waals surface area (Å²) in [6.07, 6.45) is -0.868. The Balaban J connectivity index is 1.31. The zero-order valence-corrected chi connectivity index (χ0v) is 18.2. The first-order valence-electron chi connectivity index (χ1n) is 11.0. The summed E-state index contributed by atoms with van der Waals surface area (Å²) in [4.78, 5) is 39.2. The fraction of sp³-hybridized carbons (Fsp3) is 0.148. The van der Waals surface area contributed by atoms with Crippen LogP contribution in [0, 0.1) is 0 Å². The Morgan fingerprint density at radius 1 is 0.941 bits per heavy atom. The average Bonchev–Trinajstić information content (AvgIpc) is 3.16. The van der Waals surface area contributed by atoms with Crippen LogP contribution in [0.5, 0.6) is 0 Å². The number of hydrogen-bond acceptors (Lipinski definition) is 4. The van der Waals surface area contributed by atoms with Crippen molar-refractivity contribution in [3.8, 4) is 11.1 Å². The standard InChI is InChI=1S/C27H22N2O5/c30-25-14-16(17-7-5-6-12-23(17)28-25)13-24(26(31)32)29-27(33)34-15-22-20-10-3-1-8-18(20)19-9-2-4-11-21(19)22/h1-12,14,22,24H,13,15H2,(H,28,30)(H,29,33)(H,31,32)/t24-/m0/s1. The molecule has 34 heavy (non-hydrogen) atoms. The monoisotopic (exact) mass is 454 g/mol. The van der Waals surface area contributed by atoms with E-state index in [0.29, 0.717) is 11.1 Å². The van der Waals surface area contributed by atoms with Crippen molar-refractivity contribution in [2.75, 3.05) is 6.61 Å². The third kappa shape index (κ3) is 4.03. The van der Waals surface area contributed by atoms with Gasteiger partial charge in [0, 0.05) is 29.3 Å². The molecule has 1 aliphatic rings. The lowest BCUT2D eigenvalue weighted by molar-refractivity contribution is -0.139. The van der Waals surface area contributed by atoms with Crippen LogP contribution in [-0.2, 0) is 16.0 Å². The van der Waals surface area contributed by atoms with Gasteiger partial charge in [-0.05, 0) is 33.9 Å². The van der Waals surface area contributed by atoms with Gasteiger partial charge in [-0.15, -0.1) is 0 Å². The quantitative estimate of drug-likeness (QED) is 0.407. The topological polar surface area (TPSA) is 108 Å². The Morgan fingerprint density at radius 3 is 2.24 bits per heavy atom. The number of para-hydroxylation sites is 1. The smallest absolute Gasteiger partial charge is 0.407 e. The number of aliphatic carboxylic acids is 1. The summed E-state index contributed by atoms with van der Waals surface area (Å²) in [5.41, 5.74) is 5.16. The molecule has 1 amide bonds. The molecule has 3 aromatic carbocycles. The number of carbonyl (C=O) groups is 2. The number of alkyl carbamates (subject to hydrolysis) is 1. The van der Waals surface area contributed by atoms with Gasteiger partial charge in [0.25, 0.3) is 0 Å². The van der Waals surface area contributed by atoms with Gasteiger partial charge in [-0.1, -0.05) is 66.7 Å². The number of rotatable bonds is 6. The molecule has 0 spiro atoms. The zero-order valence-electron chi connectivity index (χ0n) is 18.2. The molecule has 0 saturated heterocycles. The van der Waals surface area contributed by atoms with Crippen molar-refractivity contribution < 1.29 is 19.4 Å². The highest BCUT2D eigenvalue weighted by Crippen LogP contribution is 2.44. The molecule has 0 unspecified atom stereocenters. The summed E-state index contributed by atoms with van der Waals surface area (Å²) in [7, 11) is 0. The van der Waals surface area contributed by atoms with E-state index < -0.39 is 18.1 Å². The van der Waals surface area contributed by atoms with E-state index in [2.05, 4.69) is 10.3 Å². The molecule has 0 bridgehead atoms. The minimum absolute atomic E-state index is 0.0516. The maximum Gasteiger partial charge on any atom is 0.407 e. The minimum Gasteiger partial charge on any atom is -0.480 e. The third-order valence-corrected chi connectivity index (χ3v) is 6.19. The summed E-state index contributed by atoms with van der Waals surface area (Å²) in [6, 6.07) is 23.2. The molecular weight excluding hydrogens is 432 g/mol. The second-order valence-corrected chi connectivity index (χ2v) is 8.27. The number of carboxylic acids is 1. The molecule has 3 N–H and O–H groups in total. The Labute approximate surface area is 195 Å². The average molecular weight is 454 g/mol. The van der Waals surface area contributed by atoms with Gasteiger partial charge >= 0.3 is 12.1 Å². The van der Waals surface area contributed by atoms with E-state index in [1.165, 1.54) is 6.07 Å². The molecule has 0 radical (unpaired) electrons. The van der Waals surface area contributed by atoms with Crippen molar-refractivity contribution in [3.63, 3.8) is 0 Å². The number of ether oxygens (including phenoxy) is 1. The molecular formula is C27H22N2O5.